The summed E-state index contributed by atoms with van der Waals surface area (Å²) in [5.41, 5.74) is -0.0889. The zero-order valence-electron chi connectivity index (χ0n) is 15.7. The van der Waals surface area contributed by atoms with E-state index in [9.17, 15) is 9.59 Å². The Labute approximate surface area is 158 Å². The molecule has 2 fully saturated rings. The van der Waals surface area contributed by atoms with Gasteiger partial charge in [0, 0.05) is 26.2 Å². The molecule has 142 valence electrons. The van der Waals surface area contributed by atoms with Gasteiger partial charge in [-0.25, -0.2) is 4.98 Å². The van der Waals surface area contributed by atoms with E-state index in [4.69, 9.17) is 0 Å². The third-order valence-electron chi connectivity index (χ3n) is 6.08. The Hall–Kier alpha value is -2.77. The Morgan fingerprint density at radius 2 is 1.85 bits per heavy atom. The minimum absolute atomic E-state index is 0.127. The molecule has 2 saturated heterocycles. The van der Waals surface area contributed by atoms with Gasteiger partial charge in [-0.1, -0.05) is 6.07 Å². The molecular formula is C19H24N6O2. The van der Waals surface area contributed by atoms with Crippen LogP contribution in [-0.4, -0.2) is 67.5 Å². The molecule has 0 aliphatic carbocycles. The van der Waals surface area contributed by atoms with E-state index in [0.29, 0.717) is 18.1 Å². The molecule has 0 aromatic carbocycles. The molecule has 2 aliphatic heterocycles. The van der Waals surface area contributed by atoms with Gasteiger partial charge in [-0.3, -0.25) is 14.2 Å². The van der Waals surface area contributed by atoms with Crippen LogP contribution in [-0.2, 0) is 4.79 Å². The number of hydrogen-bond donors (Lipinski definition) is 0. The van der Waals surface area contributed by atoms with Crippen LogP contribution >= 0.6 is 0 Å². The second-order valence-corrected chi connectivity index (χ2v) is 7.51. The van der Waals surface area contributed by atoms with Crippen LogP contribution in [0, 0.1) is 5.41 Å². The standard InChI is InChI=1S/C19H24N6O2/c1-14-19(8-4-10-23(2)18(19)27)9-5-11-25(14)17(26)15-6-3-7-16(22-15)24-12-20-21-13-24/h3,6-7,12-14H,4-5,8-11H2,1-2H3/t14-,19+/m1/s1. The van der Waals surface area contributed by atoms with E-state index in [1.165, 1.54) is 0 Å². The Balaban J connectivity index is 1.62. The molecule has 0 N–H and O–H groups in total. The maximum absolute atomic E-state index is 13.2. The van der Waals surface area contributed by atoms with Crippen molar-refractivity contribution in [3.8, 4) is 5.82 Å². The molecule has 2 aromatic heterocycles. The fourth-order valence-corrected chi connectivity index (χ4v) is 4.54. The number of amides is 2. The maximum atomic E-state index is 13.2. The van der Waals surface area contributed by atoms with Crippen molar-refractivity contribution < 1.29 is 9.59 Å². The molecule has 4 rings (SSSR count). The van der Waals surface area contributed by atoms with Crippen molar-refractivity contribution in [2.75, 3.05) is 20.1 Å². The minimum Gasteiger partial charge on any atom is -0.345 e. The summed E-state index contributed by atoms with van der Waals surface area (Å²) < 4.78 is 1.66. The molecule has 0 bridgehead atoms. The van der Waals surface area contributed by atoms with Crippen LogP contribution in [0.5, 0.6) is 0 Å². The van der Waals surface area contributed by atoms with Crippen LogP contribution in [0.3, 0.4) is 0 Å². The molecule has 0 unspecified atom stereocenters. The Bertz CT molecular complexity index is 848. The third kappa shape index (κ3) is 2.89. The summed E-state index contributed by atoms with van der Waals surface area (Å²) in [6.07, 6.45) is 6.60. The molecule has 8 heteroatoms. The lowest BCUT2D eigenvalue weighted by atomic mass is 9.68. The van der Waals surface area contributed by atoms with Crippen LogP contribution in [0.4, 0.5) is 0 Å². The summed E-state index contributed by atoms with van der Waals surface area (Å²) in [7, 11) is 1.86. The molecule has 0 radical (unpaired) electrons. The van der Waals surface area contributed by atoms with Gasteiger partial charge in [-0.2, -0.15) is 0 Å². The smallest absolute Gasteiger partial charge is 0.272 e. The lowest BCUT2D eigenvalue weighted by Crippen LogP contribution is -2.61. The molecule has 27 heavy (non-hydrogen) atoms. The van der Waals surface area contributed by atoms with Crippen molar-refractivity contribution in [2.45, 2.75) is 38.6 Å². The monoisotopic (exact) mass is 368 g/mol. The van der Waals surface area contributed by atoms with Gasteiger partial charge in [0.1, 0.15) is 24.2 Å². The number of piperidine rings is 2. The predicted molar refractivity (Wildman–Crippen MR) is 98.2 cm³/mol. The van der Waals surface area contributed by atoms with E-state index in [2.05, 4.69) is 15.2 Å². The highest BCUT2D eigenvalue weighted by molar-refractivity contribution is 5.94. The molecular weight excluding hydrogens is 344 g/mol. The largest absolute Gasteiger partial charge is 0.345 e. The van der Waals surface area contributed by atoms with Crippen LogP contribution in [0.25, 0.3) is 5.82 Å². The van der Waals surface area contributed by atoms with Gasteiger partial charge < -0.3 is 9.80 Å². The van der Waals surface area contributed by atoms with Crippen LogP contribution in [0.2, 0.25) is 0 Å². The van der Waals surface area contributed by atoms with E-state index in [1.54, 1.807) is 35.4 Å². The first-order valence-electron chi connectivity index (χ1n) is 9.41. The van der Waals surface area contributed by atoms with Crippen LogP contribution in [0.15, 0.2) is 30.9 Å². The number of aromatic nitrogens is 4. The first-order valence-corrected chi connectivity index (χ1v) is 9.41. The summed E-state index contributed by atoms with van der Waals surface area (Å²) in [6, 6.07) is 5.19. The highest BCUT2D eigenvalue weighted by Gasteiger charge is 2.51. The summed E-state index contributed by atoms with van der Waals surface area (Å²) in [4.78, 5) is 34.4. The zero-order valence-corrected chi connectivity index (χ0v) is 15.7. The third-order valence-corrected chi connectivity index (χ3v) is 6.08. The molecule has 2 aliphatic rings. The van der Waals surface area contributed by atoms with E-state index in [1.807, 2.05) is 23.8 Å². The number of likely N-dealkylation sites (tertiary alicyclic amines) is 2. The minimum atomic E-state index is -0.465. The Morgan fingerprint density at radius 1 is 1.15 bits per heavy atom. The molecule has 2 atom stereocenters. The lowest BCUT2D eigenvalue weighted by molar-refractivity contribution is -0.152. The lowest BCUT2D eigenvalue weighted by Gasteiger charge is -2.51. The zero-order chi connectivity index (χ0) is 19.0. The van der Waals surface area contributed by atoms with E-state index in [0.717, 1.165) is 32.2 Å². The summed E-state index contributed by atoms with van der Waals surface area (Å²) >= 11 is 0. The fourth-order valence-electron chi connectivity index (χ4n) is 4.54. The average molecular weight is 368 g/mol. The SMILES string of the molecule is C[C@H]1N(C(=O)c2cccc(-n3cnnc3)n2)CCC[C@@]12CCCN(C)C2=O. The second kappa shape index (κ2) is 6.75. The molecule has 2 aromatic rings. The normalized spacial score (nSPS) is 25.9. The number of hydrogen-bond acceptors (Lipinski definition) is 5. The van der Waals surface area contributed by atoms with Crippen molar-refractivity contribution in [3.63, 3.8) is 0 Å². The first-order chi connectivity index (χ1) is 13.0. The van der Waals surface area contributed by atoms with Crippen LogP contribution < -0.4 is 0 Å². The fraction of sp³-hybridized carbons (Fsp3) is 0.526. The van der Waals surface area contributed by atoms with Gasteiger partial charge in [0.2, 0.25) is 5.91 Å². The maximum Gasteiger partial charge on any atom is 0.272 e. The van der Waals surface area contributed by atoms with E-state index in [-0.39, 0.29) is 17.9 Å². The van der Waals surface area contributed by atoms with E-state index < -0.39 is 5.41 Å². The molecule has 8 nitrogen and oxygen atoms in total. The topological polar surface area (TPSA) is 84.2 Å². The van der Waals surface area contributed by atoms with Gasteiger partial charge in [0.05, 0.1) is 5.41 Å². The van der Waals surface area contributed by atoms with Gasteiger partial charge >= 0.3 is 0 Å². The Morgan fingerprint density at radius 3 is 2.59 bits per heavy atom. The second-order valence-electron chi connectivity index (χ2n) is 7.51. The number of carbonyl (C=O) groups excluding carboxylic acids is 2. The Kier molecular flexibility index (Phi) is 4.41. The number of nitrogens with zero attached hydrogens (tertiary/aromatic N) is 6. The summed E-state index contributed by atoms with van der Waals surface area (Å²) in [6.45, 7) is 3.46. The number of pyridine rings is 1. The molecule has 2 amide bonds. The number of rotatable bonds is 2. The highest BCUT2D eigenvalue weighted by atomic mass is 16.2. The van der Waals surface area contributed by atoms with E-state index >= 15 is 0 Å². The van der Waals surface area contributed by atoms with Crippen molar-refractivity contribution >= 4 is 11.8 Å². The highest BCUT2D eigenvalue weighted by Crippen LogP contribution is 2.44. The summed E-state index contributed by atoms with van der Waals surface area (Å²) in [5, 5.41) is 7.57. The number of carbonyl (C=O) groups is 2. The first kappa shape index (κ1) is 17.6. The van der Waals surface area contributed by atoms with Crippen molar-refractivity contribution in [3.05, 3.63) is 36.5 Å². The van der Waals surface area contributed by atoms with Crippen LogP contribution in [0.1, 0.15) is 43.1 Å². The van der Waals surface area contributed by atoms with Crippen molar-refractivity contribution in [2.24, 2.45) is 5.41 Å². The van der Waals surface area contributed by atoms with Gasteiger partial charge in [0.25, 0.3) is 5.91 Å². The average Bonchev–Trinajstić information content (AvgIpc) is 3.22. The summed E-state index contributed by atoms with van der Waals surface area (Å²) in [5.74, 6) is 0.640. The molecule has 1 spiro atoms. The molecule has 0 saturated carbocycles. The van der Waals surface area contributed by atoms with Crippen molar-refractivity contribution in [1.29, 1.82) is 0 Å². The predicted octanol–water partition coefficient (Wildman–Crippen LogP) is 1.53. The van der Waals surface area contributed by atoms with Gasteiger partial charge in [-0.15, -0.1) is 10.2 Å². The van der Waals surface area contributed by atoms with Gasteiger partial charge in [0.15, 0.2) is 0 Å². The van der Waals surface area contributed by atoms with Crippen molar-refractivity contribution in [1.82, 2.24) is 29.5 Å². The quantitative estimate of drug-likeness (QED) is 0.803. The van der Waals surface area contributed by atoms with Gasteiger partial charge in [-0.05, 0) is 44.7 Å². The molecule has 4 heterocycles.